The summed E-state index contributed by atoms with van der Waals surface area (Å²) in [6, 6.07) is 10.7. The maximum Gasteiger partial charge on any atom is 0.300 e. The van der Waals surface area contributed by atoms with E-state index in [1.165, 1.54) is 42.5 Å². The van der Waals surface area contributed by atoms with E-state index in [0.29, 0.717) is 0 Å². The van der Waals surface area contributed by atoms with Crippen LogP contribution in [-0.4, -0.2) is 21.9 Å². The second-order valence-electron chi connectivity index (χ2n) is 6.99. The number of carbonyl (C=O) groups excluding carboxylic acids is 2. The number of carbonyl (C=O) groups is 2. The van der Waals surface area contributed by atoms with E-state index in [4.69, 9.17) is 23.2 Å². The van der Waals surface area contributed by atoms with Crippen LogP contribution in [0.4, 0.5) is 14.5 Å². The molecule has 1 aliphatic heterocycles. The van der Waals surface area contributed by atoms with Crippen molar-refractivity contribution in [2.45, 2.75) is 6.04 Å². The smallest absolute Gasteiger partial charge is 0.300 e. The molecular weight excluding hydrogens is 463 g/mol. The molecule has 1 saturated heterocycles. The van der Waals surface area contributed by atoms with Crippen molar-refractivity contribution in [1.82, 2.24) is 0 Å². The van der Waals surface area contributed by atoms with Crippen molar-refractivity contribution in [3.8, 4) is 5.75 Å². The van der Waals surface area contributed by atoms with Crippen LogP contribution < -0.4 is 4.90 Å². The number of benzene rings is 3. The number of phenols is 1. The molecule has 1 amide bonds. The molecule has 2 N–H and O–H groups in total. The lowest BCUT2D eigenvalue weighted by Crippen LogP contribution is -2.30. The largest absolute Gasteiger partial charge is 0.508 e. The molecule has 162 valence electrons. The Morgan fingerprint density at radius 2 is 1.59 bits per heavy atom. The van der Waals surface area contributed by atoms with Gasteiger partial charge in [-0.25, -0.2) is 8.78 Å². The standard InChI is InChI=1S/C23H13Cl2F2NO4/c24-15-7-3-12(9-16(15)25)21(30)19-20(11-1-5-14(29)6-2-11)28(23(32)22(19)31)18-10-13(26)4-8-17(18)27/h1-10,20,29-30H/b21-19+. The van der Waals surface area contributed by atoms with E-state index in [2.05, 4.69) is 0 Å². The van der Waals surface area contributed by atoms with Gasteiger partial charge in [0.25, 0.3) is 11.7 Å². The van der Waals surface area contributed by atoms with E-state index in [9.17, 15) is 28.6 Å². The minimum Gasteiger partial charge on any atom is -0.508 e. The van der Waals surface area contributed by atoms with Crippen molar-refractivity contribution in [3.05, 3.63) is 99.0 Å². The minimum atomic E-state index is -1.30. The molecule has 1 heterocycles. The van der Waals surface area contributed by atoms with Crippen LogP contribution in [0.1, 0.15) is 17.2 Å². The van der Waals surface area contributed by atoms with Gasteiger partial charge in [0.1, 0.15) is 23.1 Å². The fourth-order valence-electron chi connectivity index (χ4n) is 3.52. The lowest BCUT2D eigenvalue weighted by atomic mass is 9.95. The van der Waals surface area contributed by atoms with E-state index in [-0.39, 0.29) is 32.5 Å². The number of nitrogens with zero attached hydrogens (tertiary/aromatic N) is 1. The van der Waals surface area contributed by atoms with Crippen LogP contribution in [-0.2, 0) is 9.59 Å². The molecule has 0 bridgehead atoms. The van der Waals surface area contributed by atoms with Crippen LogP contribution in [0.2, 0.25) is 10.0 Å². The molecule has 3 aromatic carbocycles. The Balaban J connectivity index is 1.99. The van der Waals surface area contributed by atoms with Crippen molar-refractivity contribution < 1.29 is 28.6 Å². The molecule has 1 aliphatic rings. The van der Waals surface area contributed by atoms with E-state index in [1.807, 2.05) is 0 Å². The highest BCUT2D eigenvalue weighted by Crippen LogP contribution is 2.43. The van der Waals surface area contributed by atoms with Crippen LogP contribution >= 0.6 is 23.2 Å². The summed E-state index contributed by atoms with van der Waals surface area (Å²) in [7, 11) is 0. The molecule has 32 heavy (non-hydrogen) atoms. The maximum atomic E-state index is 14.6. The first kappa shape index (κ1) is 21.8. The van der Waals surface area contributed by atoms with Crippen molar-refractivity contribution in [3.63, 3.8) is 0 Å². The number of Topliss-reactive ketones (excluding diaryl/α,β-unsaturated/α-hetero) is 1. The highest BCUT2D eigenvalue weighted by Gasteiger charge is 2.47. The molecule has 0 saturated carbocycles. The lowest BCUT2D eigenvalue weighted by Gasteiger charge is -2.25. The predicted molar refractivity (Wildman–Crippen MR) is 116 cm³/mol. The predicted octanol–water partition coefficient (Wildman–Crippen LogP) is 5.60. The maximum absolute atomic E-state index is 14.6. The molecule has 5 nitrogen and oxygen atoms in total. The average Bonchev–Trinajstić information content (AvgIpc) is 3.02. The molecule has 4 rings (SSSR count). The molecule has 3 aromatic rings. The third-order valence-electron chi connectivity index (χ3n) is 5.01. The van der Waals surface area contributed by atoms with Gasteiger partial charge in [0.05, 0.1) is 27.3 Å². The zero-order valence-electron chi connectivity index (χ0n) is 16.0. The first-order chi connectivity index (χ1) is 15.2. The summed E-state index contributed by atoms with van der Waals surface area (Å²) in [4.78, 5) is 26.7. The quantitative estimate of drug-likeness (QED) is 0.293. The third-order valence-corrected chi connectivity index (χ3v) is 5.75. The van der Waals surface area contributed by atoms with Crippen molar-refractivity contribution in [1.29, 1.82) is 0 Å². The van der Waals surface area contributed by atoms with Crippen LogP contribution in [0.3, 0.4) is 0 Å². The van der Waals surface area contributed by atoms with Crippen molar-refractivity contribution in [2.24, 2.45) is 0 Å². The number of phenolic OH excluding ortho intramolecular Hbond substituents is 1. The van der Waals surface area contributed by atoms with Gasteiger partial charge in [-0.2, -0.15) is 0 Å². The zero-order chi connectivity index (χ0) is 23.2. The van der Waals surface area contributed by atoms with E-state index < -0.39 is 40.8 Å². The lowest BCUT2D eigenvalue weighted by molar-refractivity contribution is -0.132. The Morgan fingerprint density at radius 1 is 0.906 bits per heavy atom. The number of halogens is 4. The topological polar surface area (TPSA) is 77.8 Å². The number of aromatic hydroxyl groups is 1. The monoisotopic (exact) mass is 475 g/mol. The number of hydrogen-bond donors (Lipinski definition) is 2. The molecule has 0 radical (unpaired) electrons. The van der Waals surface area contributed by atoms with E-state index in [1.54, 1.807) is 0 Å². The zero-order valence-corrected chi connectivity index (χ0v) is 17.5. The number of aliphatic hydroxyl groups is 1. The summed E-state index contributed by atoms with van der Waals surface area (Å²) < 4.78 is 28.5. The van der Waals surface area contributed by atoms with Gasteiger partial charge in [0, 0.05) is 11.6 Å². The third kappa shape index (κ3) is 3.70. The average molecular weight is 476 g/mol. The number of anilines is 1. The van der Waals surface area contributed by atoms with Gasteiger partial charge < -0.3 is 10.2 Å². The second kappa shape index (κ2) is 8.26. The first-order valence-electron chi connectivity index (χ1n) is 9.19. The molecule has 1 unspecified atom stereocenters. The molecule has 1 fully saturated rings. The molecule has 1 atom stereocenters. The Bertz CT molecular complexity index is 1290. The summed E-state index contributed by atoms with van der Waals surface area (Å²) in [6.45, 7) is 0. The Labute approximate surface area is 190 Å². The molecular formula is C23H13Cl2F2NO4. The van der Waals surface area contributed by atoms with Crippen LogP contribution in [0.15, 0.2) is 66.2 Å². The normalized spacial score (nSPS) is 17.8. The molecule has 0 spiro atoms. The molecule has 0 aliphatic carbocycles. The van der Waals surface area contributed by atoms with Crippen molar-refractivity contribution >= 4 is 46.3 Å². The number of hydrogen-bond acceptors (Lipinski definition) is 4. The second-order valence-corrected chi connectivity index (χ2v) is 7.80. The van der Waals surface area contributed by atoms with Crippen LogP contribution in [0.5, 0.6) is 5.75 Å². The van der Waals surface area contributed by atoms with Crippen molar-refractivity contribution in [2.75, 3.05) is 4.90 Å². The molecule has 9 heteroatoms. The van der Waals surface area contributed by atoms with E-state index >= 15 is 0 Å². The van der Waals surface area contributed by atoms with Crippen LogP contribution in [0.25, 0.3) is 5.76 Å². The van der Waals surface area contributed by atoms with E-state index in [0.717, 1.165) is 23.1 Å². The highest BCUT2D eigenvalue weighted by atomic mass is 35.5. The number of rotatable bonds is 3. The Kier molecular flexibility index (Phi) is 5.62. The fraction of sp³-hybridized carbons (Fsp3) is 0.0435. The van der Waals surface area contributed by atoms with Crippen LogP contribution in [0, 0.1) is 11.6 Å². The summed E-state index contributed by atoms with van der Waals surface area (Å²) in [5, 5.41) is 20.9. The minimum absolute atomic E-state index is 0.0906. The van der Waals surface area contributed by atoms with Gasteiger partial charge in [0.15, 0.2) is 0 Å². The summed E-state index contributed by atoms with van der Waals surface area (Å²) in [6.07, 6.45) is 0. The first-order valence-corrected chi connectivity index (χ1v) is 9.95. The number of amides is 1. The van der Waals surface area contributed by atoms with Gasteiger partial charge in [-0.05, 0) is 48.0 Å². The SMILES string of the molecule is O=C1C(=O)N(c2cc(F)ccc2F)C(c2ccc(O)cc2)/C1=C(\O)c1ccc(Cl)c(Cl)c1. The molecule has 0 aromatic heterocycles. The van der Waals surface area contributed by atoms with Gasteiger partial charge in [-0.3, -0.25) is 14.5 Å². The summed E-state index contributed by atoms with van der Waals surface area (Å²) in [5.41, 5.74) is -0.464. The number of ketones is 1. The van der Waals surface area contributed by atoms with Gasteiger partial charge in [-0.15, -0.1) is 0 Å². The van der Waals surface area contributed by atoms with Gasteiger partial charge >= 0.3 is 0 Å². The number of aliphatic hydroxyl groups excluding tert-OH is 1. The van der Waals surface area contributed by atoms with Gasteiger partial charge in [0.2, 0.25) is 0 Å². The van der Waals surface area contributed by atoms with Gasteiger partial charge in [-0.1, -0.05) is 35.3 Å². The highest BCUT2D eigenvalue weighted by molar-refractivity contribution is 6.51. The Hall–Kier alpha value is -3.42. The fourth-order valence-corrected chi connectivity index (χ4v) is 3.82. The Morgan fingerprint density at radius 3 is 2.25 bits per heavy atom. The summed E-state index contributed by atoms with van der Waals surface area (Å²) >= 11 is 11.9. The summed E-state index contributed by atoms with van der Waals surface area (Å²) in [5.74, 6) is -4.68.